The van der Waals surface area contributed by atoms with Crippen molar-refractivity contribution in [2.75, 3.05) is 32.8 Å². The van der Waals surface area contributed by atoms with Crippen LogP contribution in [0.3, 0.4) is 0 Å². The molecule has 1 unspecified atom stereocenters. The van der Waals surface area contributed by atoms with E-state index >= 15 is 0 Å². The van der Waals surface area contributed by atoms with Gasteiger partial charge < -0.3 is 19.7 Å². The van der Waals surface area contributed by atoms with E-state index in [4.69, 9.17) is 4.74 Å². The summed E-state index contributed by atoms with van der Waals surface area (Å²) >= 11 is 0. The number of nitrogens with zero attached hydrogens (tertiary/aromatic N) is 2. The van der Waals surface area contributed by atoms with Crippen molar-refractivity contribution in [2.45, 2.75) is 84.5 Å². The number of halogens is 5. The molecule has 2 heterocycles. The maximum atomic E-state index is 14.7. The van der Waals surface area contributed by atoms with Gasteiger partial charge >= 0.3 is 30.0 Å². The molecule has 1 aromatic carbocycles. The maximum Gasteiger partial charge on any atom is 0.461 e. The van der Waals surface area contributed by atoms with Crippen LogP contribution in [-0.2, 0) is 19.1 Å². The summed E-state index contributed by atoms with van der Waals surface area (Å²) in [5, 5.41) is 4.74. The Bertz CT molecular complexity index is 1410. The second-order valence-electron chi connectivity index (χ2n) is 12.2. The maximum absolute atomic E-state index is 14.7. The summed E-state index contributed by atoms with van der Waals surface area (Å²) in [6, 6.07) is 2.60. The van der Waals surface area contributed by atoms with E-state index in [1.54, 1.807) is 18.7 Å². The highest BCUT2D eigenvalue weighted by Crippen LogP contribution is 2.43. The summed E-state index contributed by atoms with van der Waals surface area (Å²) in [4.78, 5) is 67.6. The van der Waals surface area contributed by atoms with Gasteiger partial charge in [0.2, 0.25) is 5.76 Å². The standard InChI is InChI=1S/C32H41F5N4O7/c1-6-8-24(38-27(43)22-10-12-23(13-11-22)28(44)40-14-17-47-18-15-40)29(45)41(16-7-9-20(41)4)30(46)39-25(19(2)3)26(48-21(5)42)31(33,34)32(35,36)37/h10-13,19-20,24H,6-9,14-18H2,1-5H3,(H-,38,39,43,46)/p+1/t20-,24+,41?/m1/s1. The summed E-state index contributed by atoms with van der Waals surface area (Å²) in [6.45, 7) is 7.93. The minimum atomic E-state index is -6.17. The van der Waals surface area contributed by atoms with E-state index in [1.807, 2.05) is 0 Å². The molecule has 2 fully saturated rings. The molecular weight excluding hydrogens is 647 g/mol. The Hall–Kier alpha value is -3.92. The van der Waals surface area contributed by atoms with Crippen molar-refractivity contribution >= 4 is 29.7 Å². The Morgan fingerprint density at radius 1 is 1.02 bits per heavy atom. The fraction of sp³-hybridized carbons (Fsp3) is 0.594. The van der Waals surface area contributed by atoms with Gasteiger partial charge in [-0.05, 0) is 43.5 Å². The highest BCUT2D eigenvalue weighted by molar-refractivity contribution is 6.00. The number of quaternary nitrogens is 1. The van der Waals surface area contributed by atoms with Gasteiger partial charge in [-0.3, -0.25) is 19.7 Å². The smallest absolute Gasteiger partial charge is 0.422 e. The molecular formula is C32H42F5N4O7+. The van der Waals surface area contributed by atoms with Crippen LogP contribution >= 0.6 is 0 Å². The van der Waals surface area contributed by atoms with Crippen molar-refractivity contribution < 1.29 is 59.9 Å². The Kier molecular flexibility index (Phi) is 12.5. The van der Waals surface area contributed by atoms with E-state index in [2.05, 4.69) is 15.4 Å². The number of carbonyl (C=O) groups excluding carboxylic acids is 5. The molecule has 3 rings (SSSR count). The Morgan fingerprint density at radius 2 is 1.60 bits per heavy atom. The molecule has 266 valence electrons. The number of ether oxygens (including phenoxy) is 2. The number of carbonyl (C=O) groups is 5. The minimum Gasteiger partial charge on any atom is -0.422 e. The number of morpholine rings is 1. The number of likely N-dealkylation sites (tertiary alicyclic amines) is 1. The van der Waals surface area contributed by atoms with Gasteiger partial charge in [0.1, 0.15) is 12.1 Å². The highest BCUT2D eigenvalue weighted by Gasteiger charge is 2.64. The second-order valence-corrected chi connectivity index (χ2v) is 12.2. The lowest BCUT2D eigenvalue weighted by molar-refractivity contribution is -0.785. The molecule has 0 radical (unpaired) electrons. The quantitative estimate of drug-likeness (QED) is 0.154. The van der Waals surface area contributed by atoms with Crippen LogP contribution in [0.5, 0.6) is 0 Å². The van der Waals surface area contributed by atoms with Crippen molar-refractivity contribution in [2.24, 2.45) is 5.92 Å². The molecule has 2 saturated heterocycles. The number of nitrogens with one attached hydrogen (secondary N) is 2. The van der Waals surface area contributed by atoms with E-state index in [0.717, 1.165) is 0 Å². The molecule has 0 spiro atoms. The van der Waals surface area contributed by atoms with Gasteiger partial charge in [0.25, 0.3) is 11.8 Å². The second kappa shape index (κ2) is 15.5. The molecule has 0 bridgehead atoms. The van der Waals surface area contributed by atoms with Gasteiger partial charge in [-0.15, -0.1) is 0 Å². The lowest BCUT2D eigenvalue weighted by Crippen LogP contribution is -2.67. The molecule has 5 amide bonds. The molecule has 3 atom stereocenters. The average molecular weight is 690 g/mol. The zero-order valence-electron chi connectivity index (χ0n) is 27.5. The van der Waals surface area contributed by atoms with Crippen molar-refractivity contribution in [3.05, 3.63) is 46.8 Å². The molecule has 1 aromatic rings. The van der Waals surface area contributed by atoms with Crippen molar-refractivity contribution in [1.29, 1.82) is 0 Å². The van der Waals surface area contributed by atoms with E-state index in [1.165, 1.54) is 38.1 Å². The number of hydrogen-bond donors (Lipinski definition) is 2. The summed E-state index contributed by atoms with van der Waals surface area (Å²) in [5.41, 5.74) is -0.539. The van der Waals surface area contributed by atoms with Gasteiger partial charge in [0, 0.05) is 44.0 Å². The first-order valence-corrected chi connectivity index (χ1v) is 15.8. The fourth-order valence-corrected chi connectivity index (χ4v) is 5.82. The third-order valence-corrected chi connectivity index (χ3v) is 8.46. The predicted octanol–water partition coefficient (Wildman–Crippen LogP) is 4.92. The van der Waals surface area contributed by atoms with Crippen LogP contribution < -0.4 is 10.6 Å². The number of amides is 5. The Labute approximate surface area is 275 Å². The van der Waals surface area contributed by atoms with E-state index in [9.17, 15) is 45.9 Å². The molecule has 16 heteroatoms. The molecule has 2 aliphatic heterocycles. The van der Waals surface area contributed by atoms with Crippen LogP contribution in [0.15, 0.2) is 35.7 Å². The van der Waals surface area contributed by atoms with Gasteiger partial charge in [0.15, 0.2) is 0 Å². The number of imide groups is 1. The van der Waals surface area contributed by atoms with Crippen molar-refractivity contribution in [3.63, 3.8) is 0 Å². The average Bonchev–Trinajstić information content (AvgIpc) is 3.43. The fourth-order valence-electron chi connectivity index (χ4n) is 5.82. The first-order chi connectivity index (χ1) is 22.4. The van der Waals surface area contributed by atoms with Gasteiger partial charge in [-0.1, -0.05) is 27.2 Å². The molecule has 2 aliphatic rings. The third-order valence-electron chi connectivity index (χ3n) is 8.46. The molecule has 2 N–H and O–H groups in total. The minimum absolute atomic E-state index is 0.0793. The van der Waals surface area contributed by atoms with E-state index in [-0.39, 0.29) is 24.4 Å². The van der Waals surface area contributed by atoms with Crippen LogP contribution in [0.2, 0.25) is 0 Å². The predicted molar refractivity (Wildman–Crippen MR) is 161 cm³/mol. The van der Waals surface area contributed by atoms with Gasteiger partial charge in [0.05, 0.1) is 25.5 Å². The van der Waals surface area contributed by atoms with E-state index in [0.29, 0.717) is 58.1 Å². The molecule has 0 saturated carbocycles. The lowest BCUT2D eigenvalue weighted by atomic mass is 10.0. The normalized spacial score (nSPS) is 21.3. The summed E-state index contributed by atoms with van der Waals surface area (Å²) in [6.07, 6.45) is -5.04. The largest absolute Gasteiger partial charge is 0.461 e. The summed E-state index contributed by atoms with van der Waals surface area (Å²) < 4.78 is 78.3. The number of rotatable bonds is 10. The number of benzene rings is 1. The van der Waals surface area contributed by atoms with Crippen LogP contribution in [0.25, 0.3) is 0 Å². The number of hydrogen-bond acceptors (Lipinski definition) is 7. The molecule has 48 heavy (non-hydrogen) atoms. The molecule has 11 nitrogen and oxygen atoms in total. The van der Waals surface area contributed by atoms with Crippen LogP contribution in [0, 0.1) is 5.92 Å². The Balaban J connectivity index is 1.94. The first kappa shape index (κ1) is 38.5. The Morgan fingerprint density at radius 3 is 2.08 bits per heavy atom. The van der Waals surface area contributed by atoms with Crippen LogP contribution in [-0.4, -0.2) is 96.1 Å². The highest BCUT2D eigenvalue weighted by atomic mass is 19.4. The first-order valence-electron chi connectivity index (χ1n) is 15.8. The van der Waals surface area contributed by atoms with Gasteiger partial charge in [-0.25, -0.2) is 9.59 Å². The zero-order chi connectivity index (χ0) is 36.0. The molecule has 0 aromatic heterocycles. The third kappa shape index (κ3) is 8.20. The number of urea groups is 1. The number of allylic oxidation sites excluding steroid dienone is 2. The van der Waals surface area contributed by atoms with E-state index < -0.39 is 69.9 Å². The molecule has 0 aliphatic carbocycles. The lowest BCUT2D eigenvalue weighted by Gasteiger charge is -2.36. The van der Waals surface area contributed by atoms with Gasteiger partial charge in [-0.2, -0.15) is 26.4 Å². The number of alkyl halides is 5. The van der Waals surface area contributed by atoms with Crippen LogP contribution in [0.4, 0.5) is 26.7 Å². The zero-order valence-corrected chi connectivity index (χ0v) is 27.5. The van der Waals surface area contributed by atoms with Crippen LogP contribution in [0.1, 0.15) is 81.0 Å². The SMILES string of the molecule is CCC[C@H](NC(=O)c1ccc(C(=O)N2CCOCC2)cc1)C(=O)[N+]1(C(=O)NC(=C(OC(C)=O)C(F)(F)C(F)(F)F)C(C)C)CCC[C@H]1C. The summed E-state index contributed by atoms with van der Waals surface area (Å²) in [5.74, 6) is -12.1. The van der Waals surface area contributed by atoms with Crippen molar-refractivity contribution in [3.8, 4) is 0 Å². The monoisotopic (exact) mass is 689 g/mol. The number of esters is 1. The summed E-state index contributed by atoms with van der Waals surface area (Å²) in [7, 11) is 0. The van der Waals surface area contributed by atoms with Crippen molar-refractivity contribution in [1.82, 2.24) is 15.5 Å². The topological polar surface area (TPSA) is 131 Å².